The van der Waals surface area contributed by atoms with E-state index >= 15 is 0 Å². The number of rotatable bonds is 4. The van der Waals surface area contributed by atoms with Gasteiger partial charge in [-0.25, -0.2) is 18.4 Å². The summed E-state index contributed by atoms with van der Waals surface area (Å²) in [6, 6.07) is 8.69. The Morgan fingerprint density at radius 2 is 1.71 bits per heavy atom. The van der Waals surface area contributed by atoms with Gasteiger partial charge in [-0.2, -0.15) is 0 Å². The fraction of sp³-hybridized carbons (Fsp3) is 0.316. The molecule has 0 atom stereocenters. The van der Waals surface area contributed by atoms with Crippen LogP contribution in [0.2, 0.25) is 0 Å². The van der Waals surface area contributed by atoms with E-state index in [2.05, 4.69) is 19.7 Å². The largest absolute Gasteiger partial charge is 0.378 e. The fourth-order valence-corrected chi connectivity index (χ4v) is 4.59. The van der Waals surface area contributed by atoms with E-state index in [9.17, 15) is 8.42 Å². The summed E-state index contributed by atoms with van der Waals surface area (Å²) in [5.74, 6) is 0.591. The summed E-state index contributed by atoms with van der Waals surface area (Å²) in [7, 11) is -3.85. The molecule has 1 N–H and O–H groups in total. The first-order chi connectivity index (χ1) is 13.5. The maximum Gasteiger partial charge on any atom is 0.264 e. The topological polar surface area (TPSA) is 97.3 Å². The highest BCUT2D eigenvalue weighted by atomic mass is 32.2. The van der Waals surface area contributed by atoms with Crippen LogP contribution in [0, 0.1) is 13.8 Å². The van der Waals surface area contributed by atoms with Crippen LogP contribution in [0.25, 0.3) is 10.9 Å². The normalized spacial score (nSPS) is 15.0. The number of pyridine rings is 1. The second kappa shape index (κ2) is 7.33. The van der Waals surface area contributed by atoms with Crippen LogP contribution < -0.4 is 9.62 Å². The molecule has 0 saturated carbocycles. The lowest BCUT2D eigenvalue weighted by molar-refractivity contribution is 0.122. The van der Waals surface area contributed by atoms with E-state index in [-0.39, 0.29) is 4.90 Å². The molecule has 0 bridgehead atoms. The number of hydrogen-bond donors (Lipinski definition) is 1. The van der Waals surface area contributed by atoms with E-state index in [1.807, 2.05) is 17.0 Å². The summed E-state index contributed by atoms with van der Waals surface area (Å²) >= 11 is 0. The summed E-state index contributed by atoms with van der Waals surface area (Å²) < 4.78 is 34.2. The van der Waals surface area contributed by atoms with Crippen molar-refractivity contribution in [3.63, 3.8) is 0 Å². The Hall–Kier alpha value is -2.78. The highest BCUT2D eigenvalue weighted by Gasteiger charge is 2.22. The summed E-state index contributed by atoms with van der Waals surface area (Å²) in [6.07, 6.45) is 1.58. The van der Waals surface area contributed by atoms with Crippen molar-refractivity contribution >= 4 is 32.6 Å². The number of benzene rings is 1. The van der Waals surface area contributed by atoms with Gasteiger partial charge in [-0.3, -0.25) is 9.71 Å². The van der Waals surface area contributed by atoms with Crippen molar-refractivity contribution in [3.05, 3.63) is 47.9 Å². The Bertz CT molecular complexity index is 1100. The molecule has 0 aliphatic carbocycles. The van der Waals surface area contributed by atoms with Crippen molar-refractivity contribution in [2.45, 2.75) is 18.7 Å². The van der Waals surface area contributed by atoms with E-state index in [0.717, 1.165) is 5.39 Å². The smallest absolute Gasteiger partial charge is 0.264 e. The molecule has 1 saturated heterocycles. The van der Waals surface area contributed by atoms with Gasteiger partial charge in [0.1, 0.15) is 4.90 Å². The molecule has 3 aromatic rings. The highest BCUT2D eigenvalue weighted by molar-refractivity contribution is 7.93. The van der Waals surface area contributed by atoms with Crippen LogP contribution in [0.4, 0.5) is 11.6 Å². The van der Waals surface area contributed by atoms with Gasteiger partial charge in [-0.1, -0.05) is 18.2 Å². The molecular formula is C19H21N5O3S. The Balaban J connectivity index is 1.70. The van der Waals surface area contributed by atoms with Crippen LogP contribution in [-0.2, 0) is 14.8 Å². The lowest BCUT2D eigenvalue weighted by Crippen LogP contribution is -2.37. The summed E-state index contributed by atoms with van der Waals surface area (Å²) in [4.78, 5) is 15.4. The first-order valence-corrected chi connectivity index (χ1v) is 10.5. The number of nitrogens with zero attached hydrogens (tertiary/aromatic N) is 4. The number of sulfonamides is 1. The van der Waals surface area contributed by atoms with Crippen molar-refractivity contribution in [3.8, 4) is 0 Å². The highest BCUT2D eigenvalue weighted by Crippen LogP contribution is 2.27. The third kappa shape index (κ3) is 3.50. The van der Waals surface area contributed by atoms with E-state index in [1.54, 1.807) is 38.2 Å². The number of para-hydroxylation sites is 1. The lowest BCUT2D eigenvalue weighted by Gasteiger charge is -2.27. The predicted molar refractivity (Wildman–Crippen MR) is 107 cm³/mol. The minimum absolute atomic E-state index is 0.127. The lowest BCUT2D eigenvalue weighted by atomic mass is 10.2. The van der Waals surface area contributed by atoms with Crippen molar-refractivity contribution in [1.29, 1.82) is 0 Å². The van der Waals surface area contributed by atoms with E-state index < -0.39 is 10.0 Å². The Morgan fingerprint density at radius 3 is 2.43 bits per heavy atom. The Kier molecular flexibility index (Phi) is 4.86. The van der Waals surface area contributed by atoms with Gasteiger partial charge in [0.05, 0.1) is 35.8 Å². The standard InChI is InChI=1S/C19H21N5O3S/c1-13-17(14(2)22-19(21-13)24-9-11-27-12-10-24)23-28(25,26)16-7-3-5-15-6-4-8-20-18(15)16/h3-8,23H,9-12H2,1-2H3. The van der Waals surface area contributed by atoms with Gasteiger partial charge in [-0.05, 0) is 26.0 Å². The molecule has 0 radical (unpaired) electrons. The van der Waals surface area contributed by atoms with Crippen LogP contribution >= 0.6 is 0 Å². The molecule has 146 valence electrons. The molecule has 9 heteroatoms. The number of anilines is 2. The third-order valence-corrected chi connectivity index (χ3v) is 6.06. The van der Waals surface area contributed by atoms with Crippen molar-refractivity contribution in [2.24, 2.45) is 0 Å². The van der Waals surface area contributed by atoms with E-state index in [1.165, 1.54) is 0 Å². The number of hydrogen-bond acceptors (Lipinski definition) is 7. The molecular weight excluding hydrogens is 378 g/mol. The molecule has 1 aromatic carbocycles. The molecule has 28 heavy (non-hydrogen) atoms. The maximum atomic E-state index is 13.1. The van der Waals surface area contributed by atoms with E-state index in [0.29, 0.717) is 54.8 Å². The van der Waals surface area contributed by atoms with Gasteiger partial charge in [0.25, 0.3) is 10.0 Å². The monoisotopic (exact) mass is 399 g/mol. The van der Waals surface area contributed by atoms with Gasteiger partial charge in [0, 0.05) is 24.7 Å². The van der Waals surface area contributed by atoms with Crippen LogP contribution in [0.3, 0.4) is 0 Å². The fourth-order valence-electron chi connectivity index (χ4n) is 3.23. The molecule has 0 amide bonds. The minimum atomic E-state index is -3.85. The first-order valence-electron chi connectivity index (χ1n) is 9.00. The zero-order chi connectivity index (χ0) is 19.7. The SMILES string of the molecule is Cc1nc(N2CCOCC2)nc(C)c1NS(=O)(=O)c1cccc2cccnc12. The quantitative estimate of drug-likeness (QED) is 0.719. The summed E-state index contributed by atoms with van der Waals surface area (Å²) in [5.41, 5.74) is 1.97. The molecule has 1 fully saturated rings. The maximum absolute atomic E-state index is 13.1. The Labute approximate surface area is 163 Å². The molecule has 0 spiro atoms. The third-order valence-electron chi connectivity index (χ3n) is 4.67. The number of ether oxygens (including phenoxy) is 1. The molecule has 3 heterocycles. The van der Waals surface area contributed by atoms with Crippen molar-refractivity contribution in [2.75, 3.05) is 35.9 Å². The Morgan fingerprint density at radius 1 is 1.04 bits per heavy atom. The number of aromatic nitrogens is 3. The number of morpholine rings is 1. The predicted octanol–water partition coefficient (Wildman–Crippen LogP) is 2.28. The number of fused-ring (bicyclic) bond motifs is 1. The van der Waals surface area contributed by atoms with E-state index in [4.69, 9.17) is 4.74 Å². The van der Waals surface area contributed by atoms with Crippen molar-refractivity contribution in [1.82, 2.24) is 15.0 Å². The zero-order valence-corrected chi connectivity index (χ0v) is 16.5. The number of nitrogens with one attached hydrogen (secondary N) is 1. The van der Waals surface area contributed by atoms with Crippen LogP contribution in [0.5, 0.6) is 0 Å². The van der Waals surface area contributed by atoms with Gasteiger partial charge in [-0.15, -0.1) is 0 Å². The second-order valence-electron chi connectivity index (χ2n) is 6.61. The molecule has 2 aromatic heterocycles. The first kappa shape index (κ1) is 18.6. The van der Waals surface area contributed by atoms with Crippen LogP contribution in [0.1, 0.15) is 11.4 Å². The van der Waals surface area contributed by atoms with Gasteiger partial charge >= 0.3 is 0 Å². The van der Waals surface area contributed by atoms with Gasteiger partial charge in [0.15, 0.2) is 0 Å². The molecule has 1 aliphatic rings. The zero-order valence-electron chi connectivity index (χ0n) is 15.7. The summed E-state index contributed by atoms with van der Waals surface area (Å²) in [5, 5.41) is 0.762. The number of aryl methyl sites for hydroxylation is 2. The summed E-state index contributed by atoms with van der Waals surface area (Å²) in [6.45, 7) is 6.24. The van der Waals surface area contributed by atoms with Crippen LogP contribution in [0.15, 0.2) is 41.4 Å². The molecule has 1 aliphatic heterocycles. The molecule has 8 nitrogen and oxygen atoms in total. The van der Waals surface area contributed by atoms with Gasteiger partial charge in [0.2, 0.25) is 5.95 Å². The van der Waals surface area contributed by atoms with Crippen molar-refractivity contribution < 1.29 is 13.2 Å². The van der Waals surface area contributed by atoms with Crippen LogP contribution in [-0.4, -0.2) is 49.7 Å². The minimum Gasteiger partial charge on any atom is -0.378 e. The van der Waals surface area contributed by atoms with Gasteiger partial charge < -0.3 is 9.64 Å². The average molecular weight is 399 g/mol. The average Bonchev–Trinajstić information content (AvgIpc) is 2.71. The molecule has 4 rings (SSSR count). The second-order valence-corrected chi connectivity index (χ2v) is 8.26. The molecule has 0 unspecified atom stereocenters.